The topological polar surface area (TPSA) is 217 Å². The lowest BCUT2D eigenvalue weighted by molar-refractivity contribution is 0.0487. The third-order valence-electron chi connectivity index (χ3n) is 11.9. The van der Waals surface area contributed by atoms with Crippen LogP contribution in [-0.2, 0) is 16.1 Å². The van der Waals surface area contributed by atoms with Crippen molar-refractivity contribution in [3.63, 3.8) is 0 Å². The predicted molar refractivity (Wildman–Crippen MR) is 257 cm³/mol. The van der Waals surface area contributed by atoms with E-state index in [1.807, 2.05) is 6.92 Å². The molecule has 0 bridgehead atoms. The second-order valence-corrected chi connectivity index (χ2v) is 21.4. The minimum Gasteiger partial charge on any atom is -0.444 e. The largest absolute Gasteiger partial charge is 0.444 e. The standard InChI is InChI=1S/C54H66N2O12/c1-49(2)28-40(55-47(61)68-42(34-16-20-37(21-17-34)44(58)51(5,6)64)35-18-22-38(23-19-35)45(59)52(7,8)65)29-54(11,31-49)32-56(41-26-24-39(25-27-41)46(60)53(9,10)66)48(62)67-30-33-12-14-36(15-13-33)43(57)50(3,4)63/h12-27,40,42,63-66H,28-32H2,1-11H3,(H,55,61). The number of hydrogen-bond donors (Lipinski definition) is 5. The predicted octanol–water partition coefficient (Wildman–Crippen LogP) is 8.75. The first kappa shape index (κ1) is 52.9. The number of nitrogens with zero attached hydrogens (tertiary/aromatic N) is 1. The normalized spacial score (nSPS) is 17.5. The van der Waals surface area contributed by atoms with Crippen LogP contribution >= 0.6 is 0 Å². The van der Waals surface area contributed by atoms with Gasteiger partial charge in [-0.15, -0.1) is 0 Å². The molecule has 0 spiro atoms. The Kier molecular flexibility index (Phi) is 15.5. The van der Waals surface area contributed by atoms with E-state index in [2.05, 4.69) is 19.2 Å². The fourth-order valence-electron chi connectivity index (χ4n) is 8.94. The molecule has 1 fully saturated rings. The monoisotopic (exact) mass is 934 g/mol. The fourth-order valence-corrected chi connectivity index (χ4v) is 8.94. The summed E-state index contributed by atoms with van der Waals surface area (Å²) in [5, 5.41) is 44.3. The maximum absolute atomic E-state index is 14.2. The minimum absolute atomic E-state index is 0.133. The van der Waals surface area contributed by atoms with Crippen LogP contribution in [-0.4, -0.2) is 90.7 Å². The summed E-state index contributed by atoms with van der Waals surface area (Å²) in [5.74, 6) is -1.93. The lowest BCUT2D eigenvalue weighted by atomic mass is 9.62. The number of anilines is 1. The Morgan fingerprint density at radius 3 is 1.34 bits per heavy atom. The van der Waals surface area contributed by atoms with E-state index in [1.165, 1.54) is 72.4 Å². The number of benzene rings is 4. The highest BCUT2D eigenvalue weighted by atomic mass is 16.6. The van der Waals surface area contributed by atoms with Crippen LogP contribution in [0.2, 0.25) is 0 Å². The number of ether oxygens (including phenoxy) is 2. The van der Waals surface area contributed by atoms with Crippen LogP contribution in [0.25, 0.3) is 0 Å². The third kappa shape index (κ3) is 13.6. The van der Waals surface area contributed by atoms with Crippen molar-refractivity contribution in [3.05, 3.63) is 136 Å². The lowest BCUT2D eigenvalue weighted by Crippen LogP contribution is -2.51. The van der Waals surface area contributed by atoms with Crippen molar-refractivity contribution < 1.29 is 58.7 Å². The van der Waals surface area contributed by atoms with Gasteiger partial charge >= 0.3 is 12.2 Å². The van der Waals surface area contributed by atoms with Gasteiger partial charge in [-0.05, 0) is 126 Å². The van der Waals surface area contributed by atoms with Gasteiger partial charge in [0.15, 0.2) is 29.2 Å². The quantitative estimate of drug-likeness (QED) is 0.0628. The molecule has 0 saturated heterocycles. The van der Waals surface area contributed by atoms with Gasteiger partial charge in [0.2, 0.25) is 0 Å². The number of Topliss-reactive ketones (excluding diaryl/α,β-unsaturated/α-hetero) is 4. The van der Waals surface area contributed by atoms with Crippen LogP contribution in [0.3, 0.4) is 0 Å². The van der Waals surface area contributed by atoms with Crippen molar-refractivity contribution >= 4 is 41.0 Å². The third-order valence-corrected chi connectivity index (χ3v) is 11.9. The molecule has 364 valence electrons. The molecule has 0 aromatic heterocycles. The van der Waals surface area contributed by atoms with Crippen LogP contribution in [0.5, 0.6) is 0 Å². The maximum atomic E-state index is 14.2. The van der Waals surface area contributed by atoms with Gasteiger partial charge in [0.25, 0.3) is 0 Å². The van der Waals surface area contributed by atoms with Gasteiger partial charge in [0.05, 0.1) is 0 Å². The average molecular weight is 935 g/mol. The molecule has 4 aromatic rings. The van der Waals surface area contributed by atoms with Gasteiger partial charge in [0, 0.05) is 40.5 Å². The van der Waals surface area contributed by atoms with Gasteiger partial charge in [-0.2, -0.15) is 0 Å². The van der Waals surface area contributed by atoms with Crippen molar-refractivity contribution in [2.24, 2.45) is 10.8 Å². The highest BCUT2D eigenvalue weighted by Gasteiger charge is 2.44. The fraction of sp³-hybridized carbons (Fsp3) is 0.444. The van der Waals surface area contributed by atoms with E-state index in [0.717, 1.165) is 0 Å². The number of carbonyl (C=O) groups is 6. The van der Waals surface area contributed by atoms with Crippen LogP contribution < -0.4 is 10.2 Å². The molecule has 5 N–H and O–H groups in total. The van der Waals surface area contributed by atoms with Gasteiger partial charge < -0.3 is 35.2 Å². The first-order valence-electron chi connectivity index (χ1n) is 22.7. The van der Waals surface area contributed by atoms with Crippen LogP contribution in [0, 0.1) is 10.8 Å². The number of nitrogens with one attached hydrogen (secondary N) is 1. The summed E-state index contributed by atoms with van der Waals surface area (Å²) in [5.41, 5.74) is -4.30. The van der Waals surface area contributed by atoms with E-state index in [1.54, 1.807) is 84.9 Å². The van der Waals surface area contributed by atoms with Crippen molar-refractivity contribution in [1.29, 1.82) is 0 Å². The van der Waals surface area contributed by atoms with Crippen molar-refractivity contribution in [2.45, 2.75) is 137 Å². The van der Waals surface area contributed by atoms with E-state index < -0.39 is 75.3 Å². The average Bonchev–Trinajstić information content (AvgIpc) is 3.24. The summed E-state index contributed by atoms with van der Waals surface area (Å²) in [6.45, 7) is 17.3. The van der Waals surface area contributed by atoms with Gasteiger partial charge in [-0.3, -0.25) is 24.1 Å². The van der Waals surface area contributed by atoms with Gasteiger partial charge in [-0.25, -0.2) is 9.59 Å². The summed E-state index contributed by atoms with van der Waals surface area (Å²) >= 11 is 0. The van der Waals surface area contributed by atoms with Crippen LogP contribution in [0.15, 0.2) is 97.1 Å². The van der Waals surface area contributed by atoms with E-state index >= 15 is 0 Å². The Hall–Kier alpha value is -6.06. The minimum atomic E-state index is -1.62. The smallest absolute Gasteiger partial charge is 0.414 e. The second kappa shape index (κ2) is 19.9. The number of ketones is 4. The van der Waals surface area contributed by atoms with E-state index in [0.29, 0.717) is 47.2 Å². The molecule has 68 heavy (non-hydrogen) atoms. The number of aliphatic hydroxyl groups is 4. The summed E-state index contributed by atoms with van der Waals surface area (Å²) in [6, 6.07) is 24.9. The highest BCUT2D eigenvalue weighted by molar-refractivity contribution is 6.03. The highest BCUT2D eigenvalue weighted by Crippen LogP contribution is 2.47. The number of rotatable bonds is 17. The van der Waals surface area contributed by atoms with Crippen molar-refractivity contribution in [3.8, 4) is 0 Å². The molecule has 14 heteroatoms. The molecule has 1 aliphatic rings. The van der Waals surface area contributed by atoms with E-state index in [9.17, 15) is 49.2 Å². The molecule has 1 aliphatic carbocycles. The number of carbonyl (C=O) groups excluding carboxylic acids is 6. The molecular formula is C54H66N2O12. The van der Waals surface area contributed by atoms with Crippen molar-refractivity contribution in [2.75, 3.05) is 11.4 Å². The zero-order valence-corrected chi connectivity index (χ0v) is 40.9. The molecule has 0 radical (unpaired) electrons. The van der Waals surface area contributed by atoms with Gasteiger partial charge in [0.1, 0.15) is 29.0 Å². The zero-order chi connectivity index (χ0) is 50.8. The second-order valence-electron chi connectivity index (χ2n) is 21.4. The summed E-state index contributed by atoms with van der Waals surface area (Å²) < 4.78 is 12.0. The first-order valence-corrected chi connectivity index (χ1v) is 22.7. The van der Waals surface area contributed by atoms with Crippen LogP contribution in [0.4, 0.5) is 15.3 Å². The Morgan fingerprint density at radius 2 is 0.956 bits per heavy atom. The van der Waals surface area contributed by atoms with Gasteiger partial charge in [-0.1, -0.05) is 93.6 Å². The molecule has 14 nitrogen and oxygen atoms in total. The number of alkyl carbamates (subject to hydrolysis) is 1. The summed E-state index contributed by atoms with van der Waals surface area (Å²) in [6.07, 6.45) is -0.833. The summed E-state index contributed by atoms with van der Waals surface area (Å²) in [7, 11) is 0. The van der Waals surface area contributed by atoms with Crippen molar-refractivity contribution in [1.82, 2.24) is 5.32 Å². The Bertz CT molecular complexity index is 2410. The molecule has 4 aromatic carbocycles. The Morgan fingerprint density at radius 1 is 0.588 bits per heavy atom. The van der Waals surface area contributed by atoms with E-state index in [-0.39, 0.29) is 35.3 Å². The SMILES string of the molecule is CC1(C)CC(NC(=O)OC(c2ccc(C(=O)C(C)(C)O)cc2)c2ccc(C(=O)C(C)(C)O)cc2)CC(C)(CN(C(=O)OCc2ccc(C(=O)C(C)(C)O)cc2)c2ccc(C(=O)C(C)(C)O)cc2)C1. The molecule has 2 unspecified atom stereocenters. The molecular weight excluding hydrogens is 869 g/mol. The molecule has 0 heterocycles. The molecule has 2 atom stereocenters. The Labute approximate surface area is 398 Å². The lowest BCUT2D eigenvalue weighted by Gasteiger charge is -2.48. The van der Waals surface area contributed by atoms with E-state index in [4.69, 9.17) is 9.47 Å². The maximum Gasteiger partial charge on any atom is 0.414 e. The molecule has 1 saturated carbocycles. The molecule has 0 aliphatic heterocycles. The molecule has 5 rings (SSSR count). The number of amides is 2. The number of hydrogen-bond acceptors (Lipinski definition) is 12. The summed E-state index contributed by atoms with van der Waals surface area (Å²) in [4.78, 5) is 80.9. The Balaban J connectivity index is 1.41. The molecule has 2 amide bonds. The van der Waals surface area contributed by atoms with Crippen LogP contribution in [0.1, 0.15) is 160 Å². The zero-order valence-electron chi connectivity index (χ0n) is 40.9. The first-order chi connectivity index (χ1) is 31.3.